The van der Waals surface area contributed by atoms with E-state index in [1.807, 2.05) is 26.8 Å². The topological polar surface area (TPSA) is 53.0 Å². The zero-order valence-corrected chi connectivity index (χ0v) is 14.9. The Labute approximate surface area is 144 Å². The molecule has 0 aromatic heterocycles. The van der Waals surface area contributed by atoms with E-state index in [2.05, 4.69) is 23.1 Å². The summed E-state index contributed by atoms with van der Waals surface area (Å²) < 4.78 is 5.46. The summed E-state index contributed by atoms with van der Waals surface area (Å²) in [6.07, 6.45) is 1.70. The van der Waals surface area contributed by atoms with Gasteiger partial charge in [-0.3, -0.25) is 4.90 Å². The molecule has 3 rings (SSSR count). The highest BCUT2D eigenvalue weighted by Gasteiger charge is 2.44. The first kappa shape index (κ1) is 17.2. The van der Waals surface area contributed by atoms with Gasteiger partial charge in [0.25, 0.3) is 0 Å². The summed E-state index contributed by atoms with van der Waals surface area (Å²) in [6, 6.07) is 8.40. The zero-order chi connectivity index (χ0) is 17.4. The van der Waals surface area contributed by atoms with E-state index in [1.54, 1.807) is 4.90 Å². The first-order chi connectivity index (χ1) is 11.4. The Morgan fingerprint density at radius 2 is 1.88 bits per heavy atom. The van der Waals surface area contributed by atoms with E-state index < -0.39 is 5.60 Å². The molecule has 0 saturated carbocycles. The van der Waals surface area contributed by atoms with Gasteiger partial charge in [0.05, 0.1) is 12.1 Å². The maximum Gasteiger partial charge on any atom is 0.410 e. The van der Waals surface area contributed by atoms with Gasteiger partial charge in [0.2, 0.25) is 0 Å². The van der Waals surface area contributed by atoms with Gasteiger partial charge in [-0.2, -0.15) is 0 Å². The van der Waals surface area contributed by atoms with Crippen molar-refractivity contribution in [2.45, 2.75) is 44.8 Å². The third kappa shape index (κ3) is 3.15. The van der Waals surface area contributed by atoms with Crippen LogP contribution in [0.1, 0.15) is 38.3 Å². The Balaban J connectivity index is 1.69. The molecule has 1 atom stereocenters. The van der Waals surface area contributed by atoms with Crippen molar-refractivity contribution in [1.29, 1.82) is 0 Å². The fourth-order valence-corrected chi connectivity index (χ4v) is 3.90. The van der Waals surface area contributed by atoms with E-state index >= 15 is 0 Å². The molecule has 1 aromatic carbocycles. The van der Waals surface area contributed by atoms with E-state index in [1.165, 1.54) is 11.1 Å². The monoisotopic (exact) mass is 332 g/mol. The SMILES string of the molecule is CC(C)(C)OC(=O)N1CCN(C2(CO)CCc3ccccc32)CC1. The predicted octanol–water partition coefficient (Wildman–Crippen LogP) is 2.37. The Hall–Kier alpha value is -1.59. The van der Waals surface area contributed by atoms with Crippen molar-refractivity contribution in [2.75, 3.05) is 32.8 Å². The van der Waals surface area contributed by atoms with Gasteiger partial charge < -0.3 is 14.7 Å². The highest BCUT2D eigenvalue weighted by molar-refractivity contribution is 5.68. The average molecular weight is 332 g/mol. The van der Waals surface area contributed by atoms with E-state index in [0.717, 1.165) is 25.9 Å². The second-order valence-corrected chi connectivity index (χ2v) is 7.80. The zero-order valence-electron chi connectivity index (χ0n) is 14.9. The number of piperazine rings is 1. The summed E-state index contributed by atoms with van der Waals surface area (Å²) >= 11 is 0. The van der Waals surface area contributed by atoms with Crippen LogP contribution in [-0.4, -0.2) is 59.4 Å². The molecule has 1 aliphatic carbocycles. The van der Waals surface area contributed by atoms with Crippen molar-refractivity contribution in [3.05, 3.63) is 35.4 Å². The van der Waals surface area contributed by atoms with Gasteiger partial charge in [-0.25, -0.2) is 4.79 Å². The lowest BCUT2D eigenvalue weighted by Crippen LogP contribution is -2.57. The summed E-state index contributed by atoms with van der Waals surface area (Å²) in [5, 5.41) is 10.2. The number of benzene rings is 1. The van der Waals surface area contributed by atoms with E-state index in [-0.39, 0.29) is 18.2 Å². The predicted molar refractivity (Wildman–Crippen MR) is 92.9 cm³/mol. The second-order valence-electron chi connectivity index (χ2n) is 7.80. The molecule has 132 valence electrons. The van der Waals surface area contributed by atoms with Gasteiger partial charge in [-0.05, 0) is 44.7 Å². The summed E-state index contributed by atoms with van der Waals surface area (Å²) in [6.45, 7) is 8.57. The molecule has 1 amide bonds. The maximum absolute atomic E-state index is 12.2. The molecule has 5 heteroatoms. The number of carbonyl (C=O) groups is 1. The van der Waals surface area contributed by atoms with Crippen LogP contribution in [0.4, 0.5) is 4.79 Å². The molecule has 24 heavy (non-hydrogen) atoms. The Bertz CT molecular complexity index is 603. The summed E-state index contributed by atoms with van der Waals surface area (Å²) in [7, 11) is 0. The van der Waals surface area contributed by atoms with Crippen molar-refractivity contribution in [3.63, 3.8) is 0 Å². The van der Waals surface area contributed by atoms with Gasteiger partial charge in [-0.15, -0.1) is 0 Å². The molecular weight excluding hydrogens is 304 g/mol. The summed E-state index contributed by atoms with van der Waals surface area (Å²) in [5.41, 5.74) is 1.82. The standard InChI is InChI=1S/C19H28N2O3/c1-18(2,3)24-17(23)20-10-12-21(13-11-20)19(14-22)9-8-15-6-4-5-7-16(15)19/h4-7,22H,8-14H2,1-3H3. The van der Waals surface area contributed by atoms with Gasteiger partial charge in [-0.1, -0.05) is 24.3 Å². The number of aliphatic hydroxyl groups excluding tert-OH is 1. The minimum absolute atomic E-state index is 0.121. The number of nitrogens with zero attached hydrogens (tertiary/aromatic N) is 2. The van der Waals surface area contributed by atoms with E-state index in [4.69, 9.17) is 4.74 Å². The Kier molecular flexibility index (Phi) is 4.58. The third-order valence-corrected chi connectivity index (χ3v) is 5.12. The number of hydrogen-bond acceptors (Lipinski definition) is 4. The third-order valence-electron chi connectivity index (χ3n) is 5.12. The van der Waals surface area contributed by atoms with E-state index in [9.17, 15) is 9.90 Å². The highest BCUT2D eigenvalue weighted by atomic mass is 16.6. The highest BCUT2D eigenvalue weighted by Crippen LogP contribution is 2.41. The van der Waals surface area contributed by atoms with Crippen LogP contribution in [0.3, 0.4) is 0 Å². The fourth-order valence-electron chi connectivity index (χ4n) is 3.90. The smallest absolute Gasteiger partial charge is 0.410 e. The molecule has 5 nitrogen and oxygen atoms in total. The van der Waals surface area contributed by atoms with Gasteiger partial charge >= 0.3 is 6.09 Å². The molecule has 1 N–H and O–H groups in total. The number of rotatable bonds is 2. The number of aryl methyl sites for hydroxylation is 1. The molecule has 0 bridgehead atoms. The first-order valence-electron chi connectivity index (χ1n) is 8.78. The minimum Gasteiger partial charge on any atom is -0.444 e. The van der Waals surface area contributed by atoms with Gasteiger partial charge in [0.15, 0.2) is 0 Å². The molecule has 1 aromatic rings. The number of ether oxygens (including phenoxy) is 1. The molecule has 1 unspecified atom stereocenters. The van der Waals surface area contributed by atoms with Crippen LogP contribution in [0.25, 0.3) is 0 Å². The number of fused-ring (bicyclic) bond motifs is 1. The molecule has 1 fully saturated rings. The number of amides is 1. The average Bonchev–Trinajstić information content (AvgIpc) is 2.93. The lowest BCUT2D eigenvalue weighted by Gasteiger charge is -2.45. The Morgan fingerprint density at radius 3 is 2.50 bits per heavy atom. The maximum atomic E-state index is 12.2. The molecule has 1 aliphatic heterocycles. The lowest BCUT2D eigenvalue weighted by molar-refractivity contribution is -0.0217. The minimum atomic E-state index is -0.467. The van der Waals surface area contributed by atoms with Crippen LogP contribution in [-0.2, 0) is 16.7 Å². The number of carbonyl (C=O) groups excluding carboxylic acids is 1. The molecule has 2 aliphatic rings. The van der Waals surface area contributed by atoms with Crippen molar-refractivity contribution >= 4 is 6.09 Å². The largest absolute Gasteiger partial charge is 0.444 e. The van der Waals surface area contributed by atoms with Crippen LogP contribution in [0, 0.1) is 0 Å². The molecule has 1 heterocycles. The van der Waals surface area contributed by atoms with Crippen LogP contribution < -0.4 is 0 Å². The first-order valence-corrected chi connectivity index (χ1v) is 8.78. The number of hydrogen-bond donors (Lipinski definition) is 1. The lowest BCUT2D eigenvalue weighted by atomic mass is 9.90. The molecular formula is C19H28N2O3. The normalized spacial score (nSPS) is 24.8. The molecule has 0 spiro atoms. The number of aliphatic hydroxyl groups is 1. The van der Waals surface area contributed by atoms with Crippen molar-refractivity contribution in [2.24, 2.45) is 0 Å². The van der Waals surface area contributed by atoms with Crippen LogP contribution in [0.15, 0.2) is 24.3 Å². The Morgan fingerprint density at radius 1 is 1.21 bits per heavy atom. The molecule has 1 saturated heterocycles. The van der Waals surface area contributed by atoms with Crippen molar-refractivity contribution in [3.8, 4) is 0 Å². The second kappa shape index (κ2) is 6.37. The fraction of sp³-hybridized carbons (Fsp3) is 0.632. The van der Waals surface area contributed by atoms with Crippen LogP contribution >= 0.6 is 0 Å². The van der Waals surface area contributed by atoms with E-state index in [0.29, 0.717) is 13.1 Å². The van der Waals surface area contributed by atoms with Crippen molar-refractivity contribution in [1.82, 2.24) is 9.80 Å². The van der Waals surface area contributed by atoms with Crippen LogP contribution in [0.5, 0.6) is 0 Å². The van der Waals surface area contributed by atoms with Gasteiger partial charge in [0, 0.05) is 26.2 Å². The summed E-state index contributed by atoms with van der Waals surface area (Å²) in [5.74, 6) is 0. The molecule has 0 radical (unpaired) electrons. The van der Waals surface area contributed by atoms with Crippen LogP contribution in [0.2, 0.25) is 0 Å². The quantitative estimate of drug-likeness (QED) is 0.903. The summed E-state index contributed by atoms with van der Waals surface area (Å²) in [4.78, 5) is 16.3. The van der Waals surface area contributed by atoms with Crippen molar-refractivity contribution < 1.29 is 14.6 Å². The van der Waals surface area contributed by atoms with Gasteiger partial charge in [0.1, 0.15) is 5.60 Å².